The molecule has 0 bridgehead atoms. The normalized spacial score (nSPS) is 14.9. The Hall–Kier alpha value is -1.62. The van der Waals surface area contributed by atoms with Crippen LogP contribution in [-0.2, 0) is 39.6 Å². The number of aromatic nitrogens is 2. The van der Waals surface area contributed by atoms with E-state index in [1.165, 1.54) is 11.3 Å². The fourth-order valence-corrected chi connectivity index (χ4v) is 5.85. The highest BCUT2D eigenvalue weighted by Crippen LogP contribution is 2.32. The number of amides is 1. The number of piperidine rings is 1. The van der Waals surface area contributed by atoms with Crippen molar-refractivity contribution in [3.05, 3.63) is 24.0 Å². The van der Waals surface area contributed by atoms with E-state index in [1.54, 1.807) is 24.2 Å². The summed E-state index contributed by atoms with van der Waals surface area (Å²) in [7, 11) is 0. The molecule has 3 N–H and O–H groups in total. The number of nitrogens with two attached hydrogens (primary N) is 1. The quantitative estimate of drug-likeness (QED) is 0.143. The molecule has 244 valence electrons. The standard InChI is InChI=1S/C29H49N5O7S2/c1-29(2,3)24-20-31-25(41-24)22-42-26-21-32-28(43-26)33-27(35)23-4-7-34(8-5-23)9-11-37-13-15-39-17-19-40-18-16-38-14-12-36-10-6-30/h20-21,23H,4-19,22,30H2,1-3H3,(H,32,33,35). The predicted molar refractivity (Wildman–Crippen MR) is 168 cm³/mol. The van der Waals surface area contributed by atoms with Crippen molar-refractivity contribution < 1.29 is 32.9 Å². The third-order valence-electron chi connectivity index (χ3n) is 6.61. The lowest BCUT2D eigenvalue weighted by Gasteiger charge is -2.30. The van der Waals surface area contributed by atoms with E-state index in [0.29, 0.717) is 89.4 Å². The highest BCUT2D eigenvalue weighted by molar-refractivity contribution is 8.00. The number of hydrogen-bond acceptors (Lipinski definition) is 13. The minimum Gasteiger partial charge on any atom is -0.444 e. The second-order valence-electron chi connectivity index (χ2n) is 11.1. The average molecular weight is 644 g/mol. The Balaban J connectivity index is 1.15. The lowest BCUT2D eigenvalue weighted by Crippen LogP contribution is -2.39. The zero-order chi connectivity index (χ0) is 30.8. The summed E-state index contributed by atoms with van der Waals surface area (Å²) >= 11 is 3.09. The van der Waals surface area contributed by atoms with E-state index < -0.39 is 0 Å². The smallest absolute Gasteiger partial charge is 0.229 e. The van der Waals surface area contributed by atoms with Crippen molar-refractivity contribution >= 4 is 34.1 Å². The van der Waals surface area contributed by atoms with Crippen molar-refractivity contribution in [1.29, 1.82) is 0 Å². The van der Waals surface area contributed by atoms with Crippen LogP contribution in [0.3, 0.4) is 0 Å². The molecule has 0 aromatic carbocycles. The minimum absolute atomic E-state index is 0.00200. The summed E-state index contributed by atoms with van der Waals surface area (Å²) in [4.78, 5) is 23.9. The maximum atomic E-state index is 12.8. The van der Waals surface area contributed by atoms with E-state index in [4.69, 9.17) is 33.8 Å². The van der Waals surface area contributed by atoms with Crippen LogP contribution in [0.25, 0.3) is 0 Å². The van der Waals surface area contributed by atoms with E-state index >= 15 is 0 Å². The topological polar surface area (TPSA) is 143 Å². The number of oxazole rings is 1. The molecule has 12 nitrogen and oxygen atoms in total. The van der Waals surface area contributed by atoms with Gasteiger partial charge in [-0.25, -0.2) is 9.97 Å². The van der Waals surface area contributed by atoms with Crippen LogP contribution in [0.5, 0.6) is 0 Å². The van der Waals surface area contributed by atoms with Crippen molar-refractivity contribution in [3.8, 4) is 0 Å². The highest BCUT2D eigenvalue weighted by Gasteiger charge is 2.25. The number of thiazole rings is 1. The number of carbonyl (C=O) groups excluding carboxylic acids is 1. The lowest BCUT2D eigenvalue weighted by atomic mass is 9.94. The van der Waals surface area contributed by atoms with Gasteiger partial charge in [0.2, 0.25) is 11.8 Å². The van der Waals surface area contributed by atoms with E-state index in [2.05, 4.69) is 41.0 Å². The van der Waals surface area contributed by atoms with Gasteiger partial charge in [0.1, 0.15) is 5.76 Å². The fourth-order valence-electron chi connectivity index (χ4n) is 4.13. The molecule has 3 rings (SSSR count). The number of nitrogens with zero attached hydrogens (tertiary/aromatic N) is 3. The Bertz CT molecular complexity index is 1030. The molecular weight excluding hydrogens is 594 g/mol. The Morgan fingerprint density at radius 3 is 2.09 bits per heavy atom. The molecule has 2 aromatic heterocycles. The third kappa shape index (κ3) is 14.8. The lowest BCUT2D eigenvalue weighted by molar-refractivity contribution is -0.121. The number of nitrogens with one attached hydrogen (secondary N) is 1. The molecular formula is C29H49N5O7S2. The zero-order valence-electron chi connectivity index (χ0n) is 25.8. The van der Waals surface area contributed by atoms with Gasteiger partial charge in [0, 0.05) is 24.4 Å². The zero-order valence-corrected chi connectivity index (χ0v) is 27.5. The van der Waals surface area contributed by atoms with Crippen molar-refractivity contribution in [2.75, 3.05) is 97.6 Å². The Morgan fingerprint density at radius 1 is 0.953 bits per heavy atom. The average Bonchev–Trinajstić information content (AvgIpc) is 3.66. The molecule has 1 fully saturated rings. The predicted octanol–water partition coefficient (Wildman–Crippen LogP) is 3.41. The summed E-state index contributed by atoms with van der Waals surface area (Å²) in [6.45, 7) is 15.0. The molecule has 0 unspecified atom stereocenters. The molecule has 14 heteroatoms. The van der Waals surface area contributed by atoms with Gasteiger partial charge in [0.15, 0.2) is 5.13 Å². The molecule has 0 atom stereocenters. The van der Waals surface area contributed by atoms with Crippen molar-refractivity contribution in [2.45, 2.75) is 49.0 Å². The van der Waals surface area contributed by atoms with Gasteiger partial charge in [-0.05, 0) is 25.9 Å². The van der Waals surface area contributed by atoms with Gasteiger partial charge in [-0.2, -0.15) is 0 Å². The van der Waals surface area contributed by atoms with Crippen molar-refractivity contribution in [2.24, 2.45) is 11.7 Å². The molecule has 1 aliphatic heterocycles. The van der Waals surface area contributed by atoms with Crippen LogP contribution >= 0.6 is 23.1 Å². The van der Waals surface area contributed by atoms with E-state index in [-0.39, 0.29) is 17.2 Å². The first-order chi connectivity index (χ1) is 20.8. The van der Waals surface area contributed by atoms with Crippen LogP contribution in [0.4, 0.5) is 5.13 Å². The van der Waals surface area contributed by atoms with Crippen LogP contribution in [0, 0.1) is 5.92 Å². The van der Waals surface area contributed by atoms with Gasteiger partial charge in [0.25, 0.3) is 0 Å². The number of thioether (sulfide) groups is 1. The summed E-state index contributed by atoms with van der Waals surface area (Å²) in [5.74, 6) is 2.24. The van der Waals surface area contributed by atoms with E-state index in [1.807, 2.05) is 0 Å². The molecule has 0 radical (unpaired) electrons. The van der Waals surface area contributed by atoms with Gasteiger partial charge < -0.3 is 44.1 Å². The molecule has 3 heterocycles. The van der Waals surface area contributed by atoms with Crippen LogP contribution in [0.15, 0.2) is 21.0 Å². The molecule has 0 aliphatic carbocycles. The van der Waals surface area contributed by atoms with Gasteiger partial charge in [-0.3, -0.25) is 4.79 Å². The van der Waals surface area contributed by atoms with Gasteiger partial charge in [0.05, 0.1) is 88.4 Å². The number of rotatable bonds is 22. The minimum atomic E-state index is -0.0631. The maximum absolute atomic E-state index is 12.8. The Labute approximate surface area is 263 Å². The van der Waals surface area contributed by atoms with Crippen molar-refractivity contribution in [3.63, 3.8) is 0 Å². The highest BCUT2D eigenvalue weighted by atomic mass is 32.2. The molecule has 1 amide bonds. The van der Waals surface area contributed by atoms with Crippen LogP contribution < -0.4 is 11.1 Å². The molecule has 0 spiro atoms. The van der Waals surface area contributed by atoms with Crippen LogP contribution in [-0.4, -0.2) is 113 Å². The second kappa shape index (κ2) is 20.4. The Kier molecular flexibility index (Phi) is 17.0. The summed E-state index contributed by atoms with van der Waals surface area (Å²) in [6.07, 6.45) is 5.25. The van der Waals surface area contributed by atoms with Crippen LogP contribution in [0.1, 0.15) is 45.3 Å². The number of likely N-dealkylation sites (tertiary alicyclic amines) is 1. The molecule has 43 heavy (non-hydrogen) atoms. The second-order valence-corrected chi connectivity index (χ2v) is 13.4. The van der Waals surface area contributed by atoms with Crippen LogP contribution in [0.2, 0.25) is 0 Å². The monoisotopic (exact) mass is 643 g/mol. The molecule has 1 saturated heterocycles. The summed E-state index contributed by atoms with van der Waals surface area (Å²) in [6, 6.07) is 0. The van der Waals surface area contributed by atoms with Gasteiger partial charge in [-0.1, -0.05) is 32.1 Å². The molecule has 0 saturated carbocycles. The first kappa shape index (κ1) is 35.9. The number of ether oxygens (including phenoxy) is 5. The van der Waals surface area contributed by atoms with Gasteiger partial charge in [-0.15, -0.1) is 11.8 Å². The molecule has 1 aliphatic rings. The first-order valence-corrected chi connectivity index (χ1v) is 16.8. The number of hydrogen-bond donors (Lipinski definition) is 2. The Morgan fingerprint density at radius 2 is 1.53 bits per heavy atom. The molecule has 2 aromatic rings. The van der Waals surface area contributed by atoms with Crippen molar-refractivity contribution in [1.82, 2.24) is 14.9 Å². The summed E-state index contributed by atoms with van der Waals surface area (Å²) in [5.41, 5.74) is 5.28. The number of anilines is 1. The summed E-state index contributed by atoms with van der Waals surface area (Å²) in [5, 5.41) is 3.64. The fraction of sp³-hybridized carbons (Fsp3) is 0.759. The summed E-state index contributed by atoms with van der Waals surface area (Å²) < 4.78 is 34.2. The van der Waals surface area contributed by atoms with Gasteiger partial charge >= 0.3 is 0 Å². The van der Waals surface area contributed by atoms with E-state index in [9.17, 15) is 4.79 Å². The SMILES string of the molecule is CC(C)(C)c1cnc(CSc2cnc(NC(=O)C3CCN(CCOCCOCCOCCOCCOCCN)CC3)s2)o1. The maximum Gasteiger partial charge on any atom is 0.229 e. The third-order valence-corrected chi connectivity index (χ3v) is 8.70. The largest absolute Gasteiger partial charge is 0.444 e. The number of carbonyl (C=O) groups is 1. The first-order valence-electron chi connectivity index (χ1n) is 15.0. The van der Waals surface area contributed by atoms with E-state index in [0.717, 1.165) is 42.4 Å².